The second-order valence-corrected chi connectivity index (χ2v) is 9.49. The van der Waals surface area contributed by atoms with Gasteiger partial charge in [0, 0.05) is 33.9 Å². The van der Waals surface area contributed by atoms with Gasteiger partial charge in [-0.15, -0.1) is 0 Å². The summed E-state index contributed by atoms with van der Waals surface area (Å²) in [6.45, 7) is 0. The molecule has 2 heterocycles. The maximum absolute atomic E-state index is 2.70. The fourth-order valence-electron chi connectivity index (χ4n) is 6.52. The lowest BCUT2D eigenvalue weighted by Crippen LogP contribution is -2.30. The van der Waals surface area contributed by atoms with Crippen LogP contribution in [-0.2, 0) is 0 Å². The highest BCUT2D eigenvalue weighted by Gasteiger charge is 2.45. The Labute approximate surface area is 189 Å². The molecule has 0 N–H and O–H groups in total. The summed E-state index contributed by atoms with van der Waals surface area (Å²) in [6.07, 6.45) is 19.1. The van der Waals surface area contributed by atoms with E-state index in [1.807, 2.05) is 0 Å². The van der Waals surface area contributed by atoms with Crippen molar-refractivity contribution in [2.75, 3.05) is 4.90 Å². The third kappa shape index (κ3) is 2.53. The summed E-state index contributed by atoms with van der Waals surface area (Å²) < 4.78 is 2.61. The van der Waals surface area contributed by atoms with Gasteiger partial charge in [0.2, 0.25) is 0 Å². The van der Waals surface area contributed by atoms with E-state index >= 15 is 0 Å². The molecule has 1 aromatic heterocycles. The van der Waals surface area contributed by atoms with Gasteiger partial charge in [0.25, 0.3) is 0 Å². The van der Waals surface area contributed by atoms with Crippen molar-refractivity contribution in [1.82, 2.24) is 4.57 Å². The van der Waals surface area contributed by atoms with Crippen LogP contribution in [-0.4, -0.2) is 4.57 Å². The van der Waals surface area contributed by atoms with Gasteiger partial charge in [-0.1, -0.05) is 60.7 Å². The first-order valence-electron chi connectivity index (χ1n) is 12.2. The highest BCUT2D eigenvalue weighted by atomic mass is 15.2. The van der Waals surface area contributed by atoms with Crippen molar-refractivity contribution >= 4 is 28.4 Å². The Hall–Kier alpha value is -3.26. The molecule has 0 radical (unpaired) electrons. The average molecular weight is 417 g/mol. The Balaban J connectivity index is 1.52. The molecular weight excluding hydrogens is 388 g/mol. The number of nitrogens with zero attached hydrogens (tertiary/aromatic N) is 2. The van der Waals surface area contributed by atoms with Crippen molar-refractivity contribution in [1.29, 1.82) is 0 Å². The van der Waals surface area contributed by atoms with Crippen molar-refractivity contribution in [3.63, 3.8) is 0 Å². The number of benzene rings is 2. The summed E-state index contributed by atoms with van der Waals surface area (Å²) in [4.78, 5) is 2.70. The zero-order valence-electron chi connectivity index (χ0n) is 18.4. The molecule has 0 bridgehead atoms. The molecule has 2 atom stereocenters. The average Bonchev–Trinajstić information content (AvgIpc) is 3.38. The minimum atomic E-state index is 0.333. The van der Waals surface area contributed by atoms with Gasteiger partial charge in [-0.3, -0.25) is 0 Å². The Morgan fingerprint density at radius 2 is 1.69 bits per heavy atom. The van der Waals surface area contributed by atoms with Crippen LogP contribution < -0.4 is 4.90 Å². The van der Waals surface area contributed by atoms with Crippen molar-refractivity contribution in [3.05, 3.63) is 101 Å². The quantitative estimate of drug-likeness (QED) is 0.413. The first-order valence-corrected chi connectivity index (χ1v) is 12.2. The molecule has 2 unspecified atom stereocenters. The van der Waals surface area contributed by atoms with Crippen LogP contribution >= 0.6 is 0 Å². The first kappa shape index (κ1) is 18.3. The topological polar surface area (TPSA) is 8.17 Å². The number of fused-ring (bicyclic) bond motifs is 6. The molecule has 32 heavy (non-hydrogen) atoms. The molecule has 3 aromatic rings. The van der Waals surface area contributed by atoms with Crippen LogP contribution in [0.3, 0.4) is 0 Å². The number of anilines is 1. The summed E-state index contributed by atoms with van der Waals surface area (Å²) >= 11 is 0. The van der Waals surface area contributed by atoms with Crippen LogP contribution in [0.4, 0.5) is 5.69 Å². The van der Waals surface area contributed by atoms with Gasteiger partial charge in [0.05, 0.1) is 17.3 Å². The predicted octanol–water partition coefficient (Wildman–Crippen LogP) is 7.86. The second-order valence-electron chi connectivity index (χ2n) is 9.49. The van der Waals surface area contributed by atoms with Crippen LogP contribution in [0.1, 0.15) is 55.8 Å². The molecule has 1 aliphatic heterocycles. The van der Waals surface area contributed by atoms with Crippen molar-refractivity contribution < 1.29 is 0 Å². The number of rotatable bonds is 2. The van der Waals surface area contributed by atoms with E-state index in [-0.39, 0.29) is 0 Å². The summed E-state index contributed by atoms with van der Waals surface area (Å²) in [5.41, 5.74) is 10.3. The largest absolute Gasteiger partial charge is 0.335 e. The van der Waals surface area contributed by atoms with Crippen LogP contribution in [0.15, 0.2) is 90.2 Å². The predicted molar refractivity (Wildman–Crippen MR) is 134 cm³/mol. The third-order valence-electron chi connectivity index (χ3n) is 7.81. The molecule has 2 nitrogen and oxygen atoms in total. The van der Waals surface area contributed by atoms with Crippen LogP contribution in [0.2, 0.25) is 0 Å². The maximum atomic E-state index is 2.70. The van der Waals surface area contributed by atoms with Gasteiger partial charge in [-0.25, -0.2) is 0 Å². The zero-order valence-corrected chi connectivity index (χ0v) is 18.4. The van der Waals surface area contributed by atoms with E-state index in [0.717, 1.165) is 12.8 Å². The molecule has 0 amide bonds. The Bertz CT molecular complexity index is 1330. The van der Waals surface area contributed by atoms with Gasteiger partial charge in [-0.2, -0.15) is 0 Å². The number of hydrogen-bond acceptors (Lipinski definition) is 1. The van der Waals surface area contributed by atoms with E-state index in [4.69, 9.17) is 0 Å². The van der Waals surface area contributed by atoms with Crippen LogP contribution in [0.5, 0.6) is 0 Å². The van der Waals surface area contributed by atoms with E-state index in [0.29, 0.717) is 12.0 Å². The van der Waals surface area contributed by atoms with Gasteiger partial charge in [0.15, 0.2) is 0 Å². The first-order chi connectivity index (χ1) is 15.9. The minimum absolute atomic E-state index is 0.333. The van der Waals surface area contributed by atoms with Gasteiger partial charge in [-0.05, 0) is 68.4 Å². The molecule has 2 heteroatoms. The van der Waals surface area contributed by atoms with Crippen molar-refractivity contribution in [2.45, 2.75) is 44.6 Å². The molecule has 4 aliphatic rings. The van der Waals surface area contributed by atoms with Gasteiger partial charge < -0.3 is 9.47 Å². The van der Waals surface area contributed by atoms with E-state index in [1.54, 1.807) is 11.3 Å². The van der Waals surface area contributed by atoms with Crippen LogP contribution in [0.25, 0.3) is 22.7 Å². The highest BCUT2D eigenvalue weighted by molar-refractivity contribution is 5.95. The van der Waals surface area contributed by atoms with Gasteiger partial charge >= 0.3 is 0 Å². The van der Waals surface area contributed by atoms with E-state index in [9.17, 15) is 0 Å². The summed E-state index contributed by atoms with van der Waals surface area (Å²) in [6, 6.07) is 20.4. The number of allylic oxidation sites excluding steroid dienone is 5. The molecule has 7 rings (SSSR count). The van der Waals surface area contributed by atoms with Gasteiger partial charge in [0.1, 0.15) is 0 Å². The molecule has 2 aromatic carbocycles. The smallest absolute Gasteiger partial charge is 0.0850 e. The monoisotopic (exact) mass is 416 g/mol. The summed E-state index contributed by atoms with van der Waals surface area (Å²) in [5.74, 6) is 0.473. The lowest BCUT2D eigenvalue weighted by molar-refractivity contribution is 0.571. The van der Waals surface area contributed by atoms with E-state index in [2.05, 4.69) is 94.4 Å². The lowest BCUT2D eigenvalue weighted by atomic mass is 9.82. The zero-order chi connectivity index (χ0) is 21.1. The summed E-state index contributed by atoms with van der Waals surface area (Å²) in [7, 11) is 0. The Morgan fingerprint density at radius 1 is 0.844 bits per heavy atom. The molecule has 0 spiro atoms. The minimum Gasteiger partial charge on any atom is -0.335 e. The second kappa shape index (κ2) is 7.13. The summed E-state index contributed by atoms with van der Waals surface area (Å²) in [5, 5.41) is 1.38. The maximum Gasteiger partial charge on any atom is 0.0850 e. The normalized spacial score (nSPS) is 23.9. The fraction of sp³-hybridized carbons (Fsp3) is 0.267. The molecule has 3 aliphatic carbocycles. The third-order valence-corrected chi connectivity index (χ3v) is 7.81. The molecule has 0 fully saturated rings. The Morgan fingerprint density at radius 3 is 2.56 bits per heavy atom. The van der Waals surface area contributed by atoms with E-state index < -0.39 is 0 Å². The molecule has 0 saturated heterocycles. The van der Waals surface area contributed by atoms with Crippen molar-refractivity contribution in [3.8, 4) is 0 Å². The van der Waals surface area contributed by atoms with Crippen molar-refractivity contribution in [2.24, 2.45) is 5.92 Å². The molecule has 0 saturated carbocycles. The Kier molecular flexibility index (Phi) is 4.08. The SMILES string of the molecule is C1=CCCC(n2c3c(c4ccccc42)C=CC2C4=C(CCCC4)N(c4ccccc4)C32)=C1. The number of hydrogen-bond donors (Lipinski definition) is 0. The lowest BCUT2D eigenvalue weighted by Gasteiger charge is -2.35. The van der Waals surface area contributed by atoms with E-state index in [1.165, 1.54) is 59.2 Å². The van der Waals surface area contributed by atoms with Crippen LogP contribution in [0, 0.1) is 5.92 Å². The number of aromatic nitrogens is 1. The molecular formula is C30H28N2. The molecule has 158 valence electrons. The number of para-hydroxylation sites is 2. The highest BCUT2D eigenvalue weighted by Crippen LogP contribution is 2.55. The standard InChI is InChI=1S/C30H28N2/c1-3-11-21(12-4-1)31-27-17-9-7-15-23(27)25-19-20-26-24-16-8-10-18-28(24)32(30(26)29(25)31)22-13-5-2-6-14-22/h1-5,8,10-13,16,18-20,25,29H,6-7,9,14-15,17H2. The fourth-order valence-corrected chi connectivity index (χ4v) is 6.52.